The number of nitrogens with zero attached hydrogens (tertiary/aromatic N) is 2. The Hall–Kier alpha value is -4.35. The highest BCUT2D eigenvalue weighted by Crippen LogP contribution is 2.29. The summed E-state index contributed by atoms with van der Waals surface area (Å²) in [7, 11) is 0. The van der Waals surface area contributed by atoms with Crippen molar-refractivity contribution in [1.82, 2.24) is 15.3 Å². The van der Waals surface area contributed by atoms with E-state index in [1.807, 2.05) is 0 Å². The molecule has 0 spiro atoms. The SMILES string of the molecule is Cc1ncc(Nc2nc(N[C@H](c3cccc(F)c3)[C@H](C)NC(=O)OC(C)(C)C)c(F)cc2C(N)=O)cc1F. The molecular weight excluding hydrogens is 501 g/mol. The van der Waals surface area contributed by atoms with Gasteiger partial charge in [0.1, 0.15) is 23.1 Å². The molecule has 0 radical (unpaired) electrons. The predicted octanol–water partition coefficient (Wildman–Crippen LogP) is 5.11. The van der Waals surface area contributed by atoms with Gasteiger partial charge in [-0.1, -0.05) is 12.1 Å². The topological polar surface area (TPSA) is 131 Å². The lowest BCUT2D eigenvalue weighted by Crippen LogP contribution is -2.42. The van der Waals surface area contributed by atoms with E-state index in [1.165, 1.54) is 31.3 Å². The van der Waals surface area contributed by atoms with Gasteiger partial charge in [0.25, 0.3) is 5.91 Å². The molecule has 3 rings (SSSR count). The van der Waals surface area contributed by atoms with E-state index in [4.69, 9.17) is 10.5 Å². The van der Waals surface area contributed by atoms with Crippen LogP contribution in [0, 0.1) is 24.4 Å². The lowest BCUT2D eigenvalue weighted by molar-refractivity contribution is 0.0503. The van der Waals surface area contributed by atoms with Crippen LogP contribution in [0.2, 0.25) is 0 Å². The number of pyridine rings is 2. The van der Waals surface area contributed by atoms with Crippen molar-refractivity contribution in [1.29, 1.82) is 0 Å². The summed E-state index contributed by atoms with van der Waals surface area (Å²) in [5.74, 6) is -3.59. The molecule has 3 aromatic rings. The van der Waals surface area contributed by atoms with Crippen molar-refractivity contribution in [2.24, 2.45) is 5.73 Å². The van der Waals surface area contributed by atoms with Crippen LogP contribution in [-0.4, -0.2) is 33.6 Å². The Morgan fingerprint density at radius 2 is 1.76 bits per heavy atom. The third-order valence-electron chi connectivity index (χ3n) is 5.27. The molecule has 0 unspecified atom stereocenters. The maximum atomic E-state index is 15.1. The maximum Gasteiger partial charge on any atom is 0.407 e. The number of rotatable bonds is 8. The first-order valence-corrected chi connectivity index (χ1v) is 11.6. The van der Waals surface area contributed by atoms with Gasteiger partial charge in [-0.25, -0.2) is 22.9 Å². The molecule has 0 saturated carbocycles. The summed E-state index contributed by atoms with van der Waals surface area (Å²) >= 11 is 0. The molecule has 9 nitrogen and oxygen atoms in total. The Morgan fingerprint density at radius 1 is 1.05 bits per heavy atom. The van der Waals surface area contributed by atoms with Crippen molar-refractivity contribution in [2.75, 3.05) is 10.6 Å². The van der Waals surface area contributed by atoms with Crippen LogP contribution in [0.5, 0.6) is 0 Å². The number of anilines is 3. The minimum atomic E-state index is -0.979. The summed E-state index contributed by atoms with van der Waals surface area (Å²) in [4.78, 5) is 32.4. The van der Waals surface area contributed by atoms with Gasteiger partial charge in [0, 0.05) is 6.07 Å². The second-order valence-corrected chi connectivity index (χ2v) is 9.61. The van der Waals surface area contributed by atoms with E-state index in [2.05, 4.69) is 25.9 Å². The first kappa shape index (κ1) is 28.2. The van der Waals surface area contributed by atoms with E-state index in [-0.39, 0.29) is 28.6 Å². The van der Waals surface area contributed by atoms with Gasteiger partial charge in [-0.2, -0.15) is 0 Å². The number of ether oxygens (including phenoxy) is 1. The molecule has 0 bridgehead atoms. The van der Waals surface area contributed by atoms with Crippen LogP contribution in [0.4, 0.5) is 35.3 Å². The first-order chi connectivity index (χ1) is 17.7. The minimum absolute atomic E-state index is 0.141. The first-order valence-electron chi connectivity index (χ1n) is 11.6. The number of hydrogen-bond acceptors (Lipinski definition) is 7. The number of amides is 2. The number of nitrogens with one attached hydrogen (secondary N) is 3. The predicted molar refractivity (Wildman–Crippen MR) is 137 cm³/mol. The Kier molecular flexibility index (Phi) is 8.44. The van der Waals surface area contributed by atoms with Crippen molar-refractivity contribution < 1.29 is 27.5 Å². The minimum Gasteiger partial charge on any atom is -0.444 e. The number of carbonyl (C=O) groups excluding carboxylic acids is 2. The van der Waals surface area contributed by atoms with Crippen molar-refractivity contribution in [3.8, 4) is 0 Å². The van der Waals surface area contributed by atoms with Gasteiger partial charge in [-0.15, -0.1) is 0 Å². The number of hydrogen-bond donors (Lipinski definition) is 4. The summed E-state index contributed by atoms with van der Waals surface area (Å²) in [5, 5.41) is 8.25. The zero-order valence-electron chi connectivity index (χ0n) is 21.5. The van der Waals surface area contributed by atoms with Crippen molar-refractivity contribution >= 4 is 29.3 Å². The molecule has 2 atom stereocenters. The number of aryl methyl sites for hydroxylation is 1. The number of halogens is 3. The average Bonchev–Trinajstić information content (AvgIpc) is 2.79. The van der Waals surface area contributed by atoms with E-state index in [9.17, 15) is 18.4 Å². The zero-order valence-corrected chi connectivity index (χ0v) is 21.5. The second kappa shape index (κ2) is 11.4. The second-order valence-electron chi connectivity index (χ2n) is 9.61. The highest BCUT2D eigenvalue weighted by atomic mass is 19.1. The third-order valence-corrected chi connectivity index (χ3v) is 5.27. The zero-order chi connectivity index (χ0) is 28.2. The van der Waals surface area contributed by atoms with Gasteiger partial charge in [0.2, 0.25) is 0 Å². The van der Waals surface area contributed by atoms with Crippen LogP contribution in [-0.2, 0) is 4.74 Å². The van der Waals surface area contributed by atoms with Crippen LogP contribution in [0.1, 0.15) is 55.4 Å². The molecule has 0 saturated heterocycles. The van der Waals surface area contributed by atoms with E-state index < -0.39 is 47.1 Å². The summed E-state index contributed by atoms with van der Waals surface area (Å²) in [6.07, 6.45) is 0.575. The number of nitrogens with two attached hydrogens (primary N) is 1. The van der Waals surface area contributed by atoms with E-state index in [0.29, 0.717) is 5.56 Å². The molecule has 2 aromatic heterocycles. The molecule has 0 aliphatic rings. The number of primary amides is 1. The van der Waals surface area contributed by atoms with Gasteiger partial charge in [0.15, 0.2) is 11.6 Å². The van der Waals surface area contributed by atoms with Gasteiger partial charge in [0.05, 0.1) is 35.2 Å². The number of aromatic nitrogens is 2. The molecule has 38 heavy (non-hydrogen) atoms. The third kappa shape index (κ3) is 7.34. The molecule has 0 aliphatic carbocycles. The fourth-order valence-corrected chi connectivity index (χ4v) is 3.51. The largest absolute Gasteiger partial charge is 0.444 e. The van der Waals surface area contributed by atoms with Gasteiger partial charge < -0.3 is 26.4 Å². The van der Waals surface area contributed by atoms with E-state index in [0.717, 1.165) is 12.1 Å². The van der Waals surface area contributed by atoms with Gasteiger partial charge in [-0.05, 0) is 58.4 Å². The lowest BCUT2D eigenvalue weighted by Gasteiger charge is -2.29. The Morgan fingerprint density at radius 3 is 2.37 bits per heavy atom. The molecule has 202 valence electrons. The van der Waals surface area contributed by atoms with Crippen molar-refractivity contribution in [2.45, 2.75) is 52.3 Å². The monoisotopic (exact) mass is 530 g/mol. The van der Waals surface area contributed by atoms with Gasteiger partial charge >= 0.3 is 6.09 Å². The summed E-state index contributed by atoms with van der Waals surface area (Å²) in [6, 6.07) is 5.86. The van der Waals surface area contributed by atoms with Crippen LogP contribution in [0.15, 0.2) is 42.6 Å². The fourth-order valence-electron chi connectivity index (χ4n) is 3.51. The summed E-state index contributed by atoms with van der Waals surface area (Å²) in [5.41, 5.74) is 5.01. The molecule has 2 heterocycles. The standard InChI is InChI=1S/C26H29F3N6O3/c1-13-19(28)10-17(12-31-13)33-23-18(22(30)36)11-20(29)24(35-23)34-21(15-7-6-8-16(27)9-15)14(2)32-25(37)38-26(3,4)5/h6-12,14,21H,1-5H3,(H2,30,36)(H,32,37)(H2,33,34,35)/t14-,21-/m0/s1. The van der Waals surface area contributed by atoms with Gasteiger partial charge in [-0.3, -0.25) is 9.78 Å². The Labute approximate surface area is 218 Å². The summed E-state index contributed by atoms with van der Waals surface area (Å²) < 4.78 is 48.5. The smallest absolute Gasteiger partial charge is 0.407 e. The lowest BCUT2D eigenvalue weighted by atomic mass is 10.00. The van der Waals surface area contributed by atoms with Crippen LogP contribution in [0.25, 0.3) is 0 Å². The molecule has 1 aromatic carbocycles. The molecule has 2 amide bonds. The normalized spacial score (nSPS) is 12.8. The highest BCUT2D eigenvalue weighted by Gasteiger charge is 2.27. The Bertz CT molecular complexity index is 1350. The maximum absolute atomic E-state index is 15.1. The average molecular weight is 531 g/mol. The molecule has 12 heteroatoms. The molecule has 0 fully saturated rings. The molecule has 5 N–H and O–H groups in total. The quantitative estimate of drug-likeness (QED) is 0.318. The number of carbonyl (C=O) groups is 2. The highest BCUT2D eigenvalue weighted by molar-refractivity contribution is 5.98. The van der Waals surface area contributed by atoms with Crippen LogP contribution < -0.4 is 21.7 Å². The van der Waals surface area contributed by atoms with Crippen molar-refractivity contribution in [3.05, 3.63) is 76.9 Å². The van der Waals surface area contributed by atoms with Crippen LogP contribution in [0.3, 0.4) is 0 Å². The fraction of sp³-hybridized carbons (Fsp3) is 0.308. The Balaban J connectivity index is 2.00. The molecular formula is C26H29F3N6O3. The van der Waals surface area contributed by atoms with E-state index in [1.54, 1.807) is 33.8 Å². The number of alkyl carbamates (subject to hydrolysis) is 1. The number of benzene rings is 1. The summed E-state index contributed by atoms with van der Waals surface area (Å²) in [6.45, 7) is 8.18. The van der Waals surface area contributed by atoms with Crippen molar-refractivity contribution in [3.63, 3.8) is 0 Å². The molecule has 0 aliphatic heterocycles. The van der Waals surface area contributed by atoms with E-state index >= 15 is 4.39 Å². The van der Waals surface area contributed by atoms with Crippen LogP contribution >= 0.6 is 0 Å².